The molecule has 1 fully saturated rings. The Labute approximate surface area is 347 Å². The first-order valence-corrected chi connectivity index (χ1v) is 19.9. The molecule has 0 bridgehead atoms. The summed E-state index contributed by atoms with van der Waals surface area (Å²) in [6, 6.07) is 55.9. The van der Waals surface area contributed by atoms with Crippen molar-refractivity contribution in [3.05, 3.63) is 174 Å². The second-order valence-corrected chi connectivity index (χ2v) is 15.7. The number of halogens is 1. The highest BCUT2D eigenvalue weighted by Crippen LogP contribution is 2.37. The van der Waals surface area contributed by atoms with Gasteiger partial charge in [0.15, 0.2) is 34.9 Å². The fraction of sp³-hybridized carbons (Fsp3) is 0.125. The molecule has 1 aliphatic rings. The zero-order valence-electron chi connectivity index (χ0n) is 32.6. The van der Waals surface area contributed by atoms with E-state index in [1.54, 1.807) is 0 Å². The van der Waals surface area contributed by atoms with E-state index in [0.717, 1.165) is 43.3 Å². The summed E-state index contributed by atoms with van der Waals surface area (Å²) in [4.78, 5) is 28.5. The van der Waals surface area contributed by atoms with E-state index in [9.17, 15) is 0 Å². The first-order valence-electron chi connectivity index (χ1n) is 19.1. The van der Waals surface area contributed by atoms with Crippen LogP contribution in [0.1, 0.15) is 27.7 Å². The Hall–Kier alpha value is -6.20. The maximum absolute atomic E-state index is 6.25. The van der Waals surface area contributed by atoms with Crippen molar-refractivity contribution in [2.45, 2.75) is 38.9 Å². The molecule has 284 valence electrons. The van der Waals surface area contributed by atoms with E-state index in [1.165, 1.54) is 0 Å². The van der Waals surface area contributed by atoms with E-state index >= 15 is 0 Å². The predicted molar refractivity (Wildman–Crippen MR) is 236 cm³/mol. The van der Waals surface area contributed by atoms with Crippen LogP contribution in [0.25, 0.3) is 68.3 Å². The molecule has 8 nitrogen and oxygen atoms in total. The number of benzene rings is 6. The third-order valence-corrected chi connectivity index (χ3v) is 10.6. The zero-order valence-corrected chi connectivity index (χ0v) is 34.2. The Kier molecular flexibility index (Phi) is 11.2. The van der Waals surface area contributed by atoms with Gasteiger partial charge in [-0.2, -0.15) is 0 Å². The minimum Gasteiger partial charge on any atom is -0.399 e. The fourth-order valence-electron chi connectivity index (χ4n) is 6.31. The SMILES string of the molecule is Brc1cccc(-c2nc(-c3ccccc3)nc(-c3ccccc3)n2)c1.CC1(C)OB(c2cccc(-c3nc(-c4ccccc4)nc(-c4ccccc4)n3)c2)OC1(C)C. The lowest BCUT2D eigenvalue weighted by Gasteiger charge is -2.32. The Morgan fingerprint density at radius 2 is 0.655 bits per heavy atom. The summed E-state index contributed by atoms with van der Waals surface area (Å²) >= 11 is 3.52. The van der Waals surface area contributed by atoms with Crippen molar-refractivity contribution in [1.82, 2.24) is 29.9 Å². The summed E-state index contributed by atoms with van der Waals surface area (Å²) in [5.74, 6) is 3.89. The van der Waals surface area contributed by atoms with Crippen molar-refractivity contribution in [2.24, 2.45) is 0 Å². The lowest BCUT2D eigenvalue weighted by atomic mass is 9.78. The third kappa shape index (κ3) is 8.70. The molecule has 58 heavy (non-hydrogen) atoms. The number of hydrogen-bond donors (Lipinski definition) is 0. The smallest absolute Gasteiger partial charge is 0.399 e. The van der Waals surface area contributed by atoms with Crippen molar-refractivity contribution in [2.75, 3.05) is 0 Å². The molecule has 2 aromatic heterocycles. The standard InChI is InChI=1S/C27H26BN3O2.C21H14BrN3/c1-26(2)27(3,4)33-28(32-26)22-17-11-16-21(18-22)25-30-23(19-12-7-5-8-13-19)29-24(31-25)20-14-9-6-10-15-20;22-18-13-7-12-17(14-18)21-24-19(15-8-3-1-4-9-15)23-20(25-21)16-10-5-2-6-11-16/h5-18H,1-4H3;1-14H. The average Bonchev–Trinajstić information content (AvgIpc) is 3.50. The Balaban J connectivity index is 0.000000168. The van der Waals surface area contributed by atoms with Gasteiger partial charge in [-0.1, -0.05) is 174 Å². The van der Waals surface area contributed by atoms with Crippen LogP contribution in [0.3, 0.4) is 0 Å². The summed E-state index contributed by atoms with van der Waals surface area (Å²) < 4.78 is 13.5. The molecule has 3 heterocycles. The molecule has 10 heteroatoms. The molecule has 0 amide bonds. The number of hydrogen-bond acceptors (Lipinski definition) is 8. The van der Waals surface area contributed by atoms with Gasteiger partial charge in [0.2, 0.25) is 0 Å². The average molecular weight is 824 g/mol. The molecular formula is C48H40BBrN6O2. The molecular weight excluding hydrogens is 783 g/mol. The Bertz CT molecular complexity index is 2520. The van der Waals surface area contributed by atoms with Crippen molar-refractivity contribution >= 4 is 28.5 Å². The van der Waals surface area contributed by atoms with Crippen LogP contribution in [0.4, 0.5) is 0 Å². The van der Waals surface area contributed by atoms with E-state index in [0.29, 0.717) is 34.9 Å². The second-order valence-electron chi connectivity index (χ2n) is 14.8. The quantitative estimate of drug-likeness (QED) is 0.147. The molecule has 6 aromatic carbocycles. The van der Waals surface area contributed by atoms with Crippen LogP contribution < -0.4 is 5.46 Å². The molecule has 0 spiro atoms. The summed E-state index contributed by atoms with van der Waals surface area (Å²) in [6.07, 6.45) is 0. The fourth-order valence-corrected chi connectivity index (χ4v) is 6.71. The van der Waals surface area contributed by atoms with Crippen LogP contribution in [-0.2, 0) is 9.31 Å². The van der Waals surface area contributed by atoms with Crippen LogP contribution in [-0.4, -0.2) is 48.2 Å². The molecule has 0 atom stereocenters. The van der Waals surface area contributed by atoms with E-state index in [4.69, 9.17) is 34.2 Å². The van der Waals surface area contributed by atoms with Crippen LogP contribution in [0.5, 0.6) is 0 Å². The van der Waals surface area contributed by atoms with Crippen molar-refractivity contribution in [1.29, 1.82) is 0 Å². The van der Waals surface area contributed by atoms with Gasteiger partial charge >= 0.3 is 7.12 Å². The predicted octanol–water partition coefficient (Wildman–Crippen LogP) is 10.8. The Morgan fingerprint density at radius 3 is 1.00 bits per heavy atom. The Morgan fingerprint density at radius 1 is 0.362 bits per heavy atom. The van der Waals surface area contributed by atoms with E-state index in [2.05, 4.69) is 48.6 Å². The molecule has 8 aromatic rings. The molecule has 1 saturated heterocycles. The number of aromatic nitrogens is 6. The van der Waals surface area contributed by atoms with Gasteiger partial charge in [0.1, 0.15) is 0 Å². The van der Waals surface area contributed by atoms with Gasteiger partial charge in [-0.3, -0.25) is 0 Å². The van der Waals surface area contributed by atoms with Gasteiger partial charge < -0.3 is 9.31 Å². The monoisotopic (exact) mass is 822 g/mol. The minimum absolute atomic E-state index is 0.401. The largest absolute Gasteiger partial charge is 0.494 e. The van der Waals surface area contributed by atoms with Crippen molar-refractivity contribution < 1.29 is 9.31 Å². The lowest BCUT2D eigenvalue weighted by molar-refractivity contribution is 0.00578. The van der Waals surface area contributed by atoms with Gasteiger partial charge in [0.25, 0.3) is 0 Å². The summed E-state index contributed by atoms with van der Waals surface area (Å²) in [5.41, 5.74) is 5.81. The molecule has 0 unspecified atom stereocenters. The maximum atomic E-state index is 6.25. The van der Waals surface area contributed by atoms with E-state index < -0.39 is 18.3 Å². The number of nitrogens with zero attached hydrogens (tertiary/aromatic N) is 6. The van der Waals surface area contributed by atoms with Gasteiger partial charge in [-0.15, -0.1) is 0 Å². The van der Waals surface area contributed by atoms with Gasteiger partial charge in [0, 0.05) is 37.9 Å². The highest BCUT2D eigenvalue weighted by atomic mass is 79.9. The highest BCUT2D eigenvalue weighted by Gasteiger charge is 2.51. The van der Waals surface area contributed by atoms with Gasteiger partial charge in [0.05, 0.1) is 11.2 Å². The second kappa shape index (κ2) is 16.7. The molecule has 0 saturated carbocycles. The summed E-state index contributed by atoms with van der Waals surface area (Å²) in [7, 11) is -0.445. The molecule has 0 aliphatic carbocycles. The first-order chi connectivity index (χ1) is 28.1. The first kappa shape index (κ1) is 38.7. The van der Waals surface area contributed by atoms with Crippen LogP contribution >= 0.6 is 15.9 Å². The number of rotatable bonds is 7. The molecule has 0 radical (unpaired) electrons. The normalized spacial score (nSPS) is 14.1. The van der Waals surface area contributed by atoms with Crippen molar-refractivity contribution in [3.8, 4) is 68.3 Å². The van der Waals surface area contributed by atoms with Gasteiger partial charge in [-0.05, 0) is 45.3 Å². The minimum atomic E-state index is -0.445. The van der Waals surface area contributed by atoms with Crippen LogP contribution in [0.15, 0.2) is 174 Å². The zero-order chi connectivity index (χ0) is 40.1. The van der Waals surface area contributed by atoms with E-state index in [1.807, 2.05) is 170 Å². The summed E-state index contributed by atoms with van der Waals surface area (Å²) in [6.45, 7) is 8.23. The lowest BCUT2D eigenvalue weighted by Crippen LogP contribution is -2.41. The molecule has 1 aliphatic heterocycles. The van der Waals surface area contributed by atoms with E-state index in [-0.39, 0.29) is 0 Å². The van der Waals surface area contributed by atoms with Crippen LogP contribution in [0.2, 0.25) is 0 Å². The highest BCUT2D eigenvalue weighted by molar-refractivity contribution is 9.10. The molecule has 9 rings (SSSR count). The third-order valence-electron chi connectivity index (χ3n) is 10.2. The summed E-state index contributed by atoms with van der Waals surface area (Å²) in [5, 5.41) is 0. The topological polar surface area (TPSA) is 95.8 Å². The molecule has 0 N–H and O–H groups in total. The van der Waals surface area contributed by atoms with Crippen LogP contribution in [0, 0.1) is 0 Å². The maximum Gasteiger partial charge on any atom is 0.494 e. The van der Waals surface area contributed by atoms with Gasteiger partial charge in [-0.25, -0.2) is 29.9 Å². The van der Waals surface area contributed by atoms with Crippen molar-refractivity contribution in [3.63, 3.8) is 0 Å².